The molecule has 5 heteroatoms. The van der Waals surface area contributed by atoms with Crippen LogP contribution in [0.3, 0.4) is 0 Å². The van der Waals surface area contributed by atoms with Crippen LogP contribution in [0, 0.1) is 6.92 Å². The van der Waals surface area contributed by atoms with Gasteiger partial charge in [0.2, 0.25) is 0 Å². The molecule has 1 aromatic heterocycles. The van der Waals surface area contributed by atoms with E-state index in [2.05, 4.69) is 10.3 Å². The smallest absolute Gasteiger partial charge is 0.263 e. The van der Waals surface area contributed by atoms with Crippen LogP contribution < -0.4 is 14.8 Å². The van der Waals surface area contributed by atoms with Crippen molar-refractivity contribution in [2.24, 2.45) is 0 Å². The highest BCUT2D eigenvalue weighted by molar-refractivity contribution is 5.90. The van der Waals surface area contributed by atoms with Gasteiger partial charge < -0.3 is 14.8 Å². The van der Waals surface area contributed by atoms with Gasteiger partial charge in [-0.3, -0.25) is 4.79 Å². The predicted molar refractivity (Wildman–Crippen MR) is 80.7 cm³/mol. The first-order chi connectivity index (χ1) is 10.2. The Kier molecular flexibility index (Phi) is 5.15. The number of nitrogens with one attached hydrogen (secondary N) is 1. The molecule has 2 aromatic rings. The molecule has 0 saturated carbocycles. The summed E-state index contributed by atoms with van der Waals surface area (Å²) in [5.41, 5.74) is 1.03. The second-order valence-electron chi connectivity index (χ2n) is 4.46. The van der Waals surface area contributed by atoms with Gasteiger partial charge in [0.15, 0.2) is 6.61 Å². The highest BCUT2D eigenvalue weighted by atomic mass is 16.5. The van der Waals surface area contributed by atoms with Crippen molar-refractivity contribution in [1.29, 1.82) is 0 Å². The average molecular weight is 286 g/mol. The second-order valence-corrected chi connectivity index (χ2v) is 4.46. The van der Waals surface area contributed by atoms with Gasteiger partial charge in [-0.25, -0.2) is 4.98 Å². The lowest BCUT2D eigenvalue weighted by atomic mass is 10.3. The van der Waals surface area contributed by atoms with Crippen molar-refractivity contribution in [2.45, 2.75) is 13.8 Å². The summed E-state index contributed by atoms with van der Waals surface area (Å²) in [6, 6.07) is 10.8. The molecule has 21 heavy (non-hydrogen) atoms. The maximum absolute atomic E-state index is 11.8. The normalized spacial score (nSPS) is 10.0. The topological polar surface area (TPSA) is 60.5 Å². The first kappa shape index (κ1) is 14.8. The van der Waals surface area contributed by atoms with E-state index < -0.39 is 0 Å². The van der Waals surface area contributed by atoms with Crippen LogP contribution in [0.25, 0.3) is 0 Å². The molecule has 0 aliphatic carbocycles. The van der Waals surface area contributed by atoms with E-state index in [1.807, 2.05) is 19.9 Å². The maximum Gasteiger partial charge on any atom is 0.263 e. The molecular formula is C16H18N2O3. The van der Waals surface area contributed by atoms with Gasteiger partial charge in [0.1, 0.15) is 17.3 Å². The number of rotatable bonds is 6. The van der Waals surface area contributed by atoms with Gasteiger partial charge in [-0.2, -0.15) is 0 Å². The monoisotopic (exact) mass is 286 g/mol. The summed E-state index contributed by atoms with van der Waals surface area (Å²) < 4.78 is 10.7. The van der Waals surface area contributed by atoms with Crippen molar-refractivity contribution in [3.63, 3.8) is 0 Å². The van der Waals surface area contributed by atoms with Crippen molar-refractivity contribution in [3.05, 3.63) is 48.2 Å². The Morgan fingerprint density at radius 3 is 2.43 bits per heavy atom. The molecule has 0 saturated heterocycles. The fraction of sp³-hybridized carbons (Fsp3) is 0.250. The van der Waals surface area contributed by atoms with Gasteiger partial charge in [0.25, 0.3) is 5.91 Å². The molecule has 1 heterocycles. The van der Waals surface area contributed by atoms with E-state index in [-0.39, 0.29) is 12.5 Å². The Morgan fingerprint density at radius 1 is 1.14 bits per heavy atom. The van der Waals surface area contributed by atoms with Crippen LogP contribution in [-0.2, 0) is 4.79 Å². The van der Waals surface area contributed by atoms with Crippen molar-refractivity contribution in [3.8, 4) is 11.5 Å². The van der Waals surface area contributed by atoms with E-state index in [4.69, 9.17) is 9.47 Å². The number of carbonyl (C=O) groups excluding carboxylic acids is 1. The third-order valence-corrected chi connectivity index (χ3v) is 2.69. The molecule has 1 aromatic carbocycles. The molecular weight excluding hydrogens is 268 g/mol. The lowest BCUT2D eigenvalue weighted by Gasteiger charge is -2.08. The average Bonchev–Trinajstić information content (AvgIpc) is 2.47. The van der Waals surface area contributed by atoms with E-state index in [0.717, 1.165) is 11.3 Å². The second kappa shape index (κ2) is 7.28. The van der Waals surface area contributed by atoms with Gasteiger partial charge in [0.05, 0.1) is 6.61 Å². The molecule has 0 aliphatic heterocycles. The summed E-state index contributed by atoms with van der Waals surface area (Å²) in [5, 5.41) is 2.68. The van der Waals surface area contributed by atoms with E-state index in [1.165, 1.54) is 0 Å². The molecule has 2 rings (SSSR count). The summed E-state index contributed by atoms with van der Waals surface area (Å²) in [5.74, 6) is 1.67. The zero-order valence-electron chi connectivity index (χ0n) is 12.1. The zero-order valence-corrected chi connectivity index (χ0v) is 12.1. The highest BCUT2D eigenvalue weighted by Crippen LogP contribution is 2.17. The fourth-order valence-corrected chi connectivity index (χ4v) is 1.73. The Hall–Kier alpha value is -2.56. The minimum atomic E-state index is -0.248. The fourth-order valence-electron chi connectivity index (χ4n) is 1.73. The van der Waals surface area contributed by atoms with E-state index in [9.17, 15) is 4.79 Å². The predicted octanol–water partition coefficient (Wildman–Crippen LogP) is 2.81. The Balaban J connectivity index is 1.83. The number of nitrogens with zero attached hydrogens (tertiary/aromatic N) is 1. The first-order valence-electron chi connectivity index (χ1n) is 6.75. The van der Waals surface area contributed by atoms with Crippen LogP contribution >= 0.6 is 0 Å². The van der Waals surface area contributed by atoms with Crippen molar-refractivity contribution >= 4 is 11.7 Å². The lowest BCUT2D eigenvalue weighted by molar-refractivity contribution is -0.118. The van der Waals surface area contributed by atoms with Crippen LogP contribution in [0.5, 0.6) is 11.5 Å². The third-order valence-electron chi connectivity index (χ3n) is 2.69. The minimum absolute atomic E-state index is 0.0659. The van der Waals surface area contributed by atoms with Crippen LogP contribution in [-0.4, -0.2) is 24.1 Å². The van der Waals surface area contributed by atoms with Crippen LogP contribution in [0.1, 0.15) is 12.5 Å². The van der Waals surface area contributed by atoms with Gasteiger partial charge in [-0.1, -0.05) is 0 Å². The minimum Gasteiger partial charge on any atom is -0.494 e. The summed E-state index contributed by atoms with van der Waals surface area (Å²) >= 11 is 0. The largest absolute Gasteiger partial charge is 0.494 e. The van der Waals surface area contributed by atoms with Crippen LogP contribution in [0.4, 0.5) is 5.82 Å². The van der Waals surface area contributed by atoms with Gasteiger partial charge in [-0.05, 0) is 55.8 Å². The Labute approximate surface area is 123 Å². The molecule has 5 nitrogen and oxygen atoms in total. The molecule has 0 aliphatic rings. The number of pyridine rings is 1. The van der Waals surface area contributed by atoms with E-state index >= 15 is 0 Å². The number of amides is 1. The molecule has 0 fully saturated rings. The van der Waals surface area contributed by atoms with Crippen molar-refractivity contribution < 1.29 is 14.3 Å². The van der Waals surface area contributed by atoms with Crippen molar-refractivity contribution in [2.75, 3.05) is 18.5 Å². The summed E-state index contributed by atoms with van der Waals surface area (Å²) in [7, 11) is 0. The summed E-state index contributed by atoms with van der Waals surface area (Å²) in [6.07, 6.45) is 1.65. The number of hydrogen-bond donors (Lipinski definition) is 1. The van der Waals surface area contributed by atoms with Gasteiger partial charge in [0, 0.05) is 6.20 Å². The quantitative estimate of drug-likeness (QED) is 0.887. The Bertz CT molecular complexity index is 597. The number of carbonyl (C=O) groups is 1. The van der Waals surface area contributed by atoms with Crippen molar-refractivity contribution in [1.82, 2.24) is 4.98 Å². The summed E-state index contributed by atoms with van der Waals surface area (Å²) in [4.78, 5) is 15.8. The van der Waals surface area contributed by atoms with E-state index in [1.54, 1.807) is 36.5 Å². The molecule has 110 valence electrons. The molecule has 0 unspecified atom stereocenters. The molecule has 0 spiro atoms. The standard InChI is InChI=1S/C16H18N2O3/c1-3-20-13-4-6-14(7-5-13)21-11-16(19)18-15-10-12(2)8-9-17-15/h4-10H,3,11H2,1-2H3,(H,17,18,19). The number of anilines is 1. The number of hydrogen-bond acceptors (Lipinski definition) is 4. The lowest BCUT2D eigenvalue weighted by Crippen LogP contribution is -2.20. The highest BCUT2D eigenvalue weighted by Gasteiger charge is 2.05. The van der Waals surface area contributed by atoms with Gasteiger partial charge >= 0.3 is 0 Å². The first-order valence-corrected chi connectivity index (χ1v) is 6.75. The molecule has 0 bridgehead atoms. The SMILES string of the molecule is CCOc1ccc(OCC(=O)Nc2cc(C)ccn2)cc1. The third kappa shape index (κ3) is 4.80. The molecule has 1 amide bonds. The molecule has 0 atom stereocenters. The number of aromatic nitrogens is 1. The molecule has 0 radical (unpaired) electrons. The van der Waals surface area contributed by atoms with Crippen LogP contribution in [0.2, 0.25) is 0 Å². The zero-order chi connectivity index (χ0) is 15.1. The number of ether oxygens (including phenoxy) is 2. The molecule has 1 N–H and O–H groups in total. The Morgan fingerprint density at radius 2 is 1.81 bits per heavy atom. The maximum atomic E-state index is 11.8. The number of benzene rings is 1. The van der Waals surface area contributed by atoms with Crippen LogP contribution in [0.15, 0.2) is 42.6 Å². The van der Waals surface area contributed by atoms with Gasteiger partial charge in [-0.15, -0.1) is 0 Å². The number of aryl methyl sites for hydroxylation is 1. The summed E-state index contributed by atoms with van der Waals surface area (Å²) in [6.45, 7) is 4.41. The van der Waals surface area contributed by atoms with E-state index in [0.29, 0.717) is 18.2 Å².